The average molecular weight is 439 g/mol. The van der Waals surface area contributed by atoms with Crippen molar-refractivity contribution < 1.29 is 19.1 Å². The first-order valence-corrected chi connectivity index (χ1v) is 11.6. The number of hydrogen-bond donors (Lipinski definition) is 0. The van der Waals surface area contributed by atoms with Gasteiger partial charge in [0.15, 0.2) is 0 Å². The number of hydrogen-bond acceptors (Lipinski definition) is 5. The highest BCUT2D eigenvalue weighted by molar-refractivity contribution is 8.00. The summed E-state index contributed by atoms with van der Waals surface area (Å²) in [5, 5.41) is 0. The smallest absolute Gasteiger partial charge is 0.310 e. The van der Waals surface area contributed by atoms with Crippen molar-refractivity contribution in [1.29, 1.82) is 0 Å². The van der Waals surface area contributed by atoms with Crippen LogP contribution in [0.5, 0.6) is 0 Å². The minimum absolute atomic E-state index is 0.0636. The molecule has 0 aliphatic carbocycles. The first kappa shape index (κ1) is 21.4. The topological polar surface area (TPSA) is 66.9 Å². The van der Waals surface area contributed by atoms with Crippen LogP contribution >= 0.6 is 11.8 Å². The van der Waals surface area contributed by atoms with E-state index in [0.29, 0.717) is 37.6 Å². The number of ether oxygens (including phenoxy) is 1. The third-order valence-electron chi connectivity index (χ3n) is 5.65. The van der Waals surface area contributed by atoms with Crippen LogP contribution in [-0.2, 0) is 20.9 Å². The summed E-state index contributed by atoms with van der Waals surface area (Å²) in [5.74, 6) is -0.0984. The summed E-state index contributed by atoms with van der Waals surface area (Å²) < 4.78 is 5.14. The van der Waals surface area contributed by atoms with Gasteiger partial charge in [-0.2, -0.15) is 0 Å². The molecule has 162 valence electrons. The highest BCUT2D eigenvalue weighted by Gasteiger charge is 2.30. The molecule has 1 atom stereocenters. The van der Waals surface area contributed by atoms with Gasteiger partial charge in [-0.25, -0.2) is 0 Å². The lowest BCUT2D eigenvalue weighted by Gasteiger charge is -2.32. The second-order valence-corrected chi connectivity index (χ2v) is 8.80. The van der Waals surface area contributed by atoms with E-state index in [9.17, 15) is 14.4 Å². The maximum atomic E-state index is 13.1. The zero-order valence-electron chi connectivity index (χ0n) is 17.6. The third kappa shape index (κ3) is 4.77. The molecule has 0 aromatic heterocycles. The summed E-state index contributed by atoms with van der Waals surface area (Å²) in [6.07, 6.45) is 1.53. The number of carbonyl (C=O) groups excluding carboxylic acids is 3. The van der Waals surface area contributed by atoms with Crippen LogP contribution in [0.1, 0.15) is 35.7 Å². The van der Waals surface area contributed by atoms with Gasteiger partial charge in [-0.05, 0) is 49.6 Å². The van der Waals surface area contributed by atoms with E-state index in [4.69, 9.17) is 4.74 Å². The summed E-state index contributed by atoms with van der Waals surface area (Å²) in [7, 11) is 0. The van der Waals surface area contributed by atoms with E-state index in [1.165, 1.54) is 0 Å². The van der Waals surface area contributed by atoms with E-state index < -0.39 is 0 Å². The summed E-state index contributed by atoms with van der Waals surface area (Å²) >= 11 is 1.55. The van der Waals surface area contributed by atoms with E-state index in [0.717, 1.165) is 29.0 Å². The van der Waals surface area contributed by atoms with Crippen molar-refractivity contribution in [1.82, 2.24) is 4.90 Å². The SMILES string of the molecule is CCOC(=O)C1CCCN(C(=O)c2cccc(CN3C(=O)CSc4ccccc43)c2)C1. The normalized spacial score (nSPS) is 18.5. The molecule has 2 aliphatic rings. The van der Waals surface area contributed by atoms with Crippen molar-refractivity contribution in [3.05, 3.63) is 59.7 Å². The summed E-state index contributed by atoms with van der Waals surface area (Å²) in [6, 6.07) is 15.3. The second-order valence-electron chi connectivity index (χ2n) is 7.78. The van der Waals surface area contributed by atoms with Gasteiger partial charge in [0, 0.05) is 23.5 Å². The standard InChI is InChI=1S/C24H26N2O4S/c1-2-30-24(29)19-9-6-12-25(15-19)23(28)18-8-5-7-17(13-18)14-26-20-10-3-4-11-21(20)31-16-22(26)27/h3-5,7-8,10-11,13,19H,2,6,9,12,14-16H2,1H3. The average Bonchev–Trinajstić information content (AvgIpc) is 2.81. The fourth-order valence-electron chi connectivity index (χ4n) is 4.11. The predicted octanol–water partition coefficient (Wildman–Crippen LogP) is 3.74. The zero-order valence-corrected chi connectivity index (χ0v) is 18.4. The fourth-order valence-corrected chi connectivity index (χ4v) is 5.04. The molecular weight excluding hydrogens is 412 g/mol. The maximum Gasteiger partial charge on any atom is 0.310 e. The van der Waals surface area contributed by atoms with Crippen LogP contribution in [0.2, 0.25) is 0 Å². The van der Waals surface area contributed by atoms with Crippen LogP contribution in [0, 0.1) is 5.92 Å². The first-order valence-electron chi connectivity index (χ1n) is 10.6. The van der Waals surface area contributed by atoms with Crippen LogP contribution in [0.3, 0.4) is 0 Å². The molecule has 1 fully saturated rings. The molecule has 0 spiro atoms. The number of para-hydroxylation sites is 1. The highest BCUT2D eigenvalue weighted by atomic mass is 32.2. The first-order chi connectivity index (χ1) is 15.1. The zero-order chi connectivity index (χ0) is 21.8. The third-order valence-corrected chi connectivity index (χ3v) is 6.70. The molecule has 7 heteroatoms. The number of benzene rings is 2. The molecule has 2 aromatic carbocycles. The molecular formula is C24H26N2O4S. The van der Waals surface area contributed by atoms with Crippen LogP contribution in [0.15, 0.2) is 53.4 Å². The van der Waals surface area contributed by atoms with Gasteiger partial charge in [0.1, 0.15) is 0 Å². The van der Waals surface area contributed by atoms with Crippen LogP contribution in [0.25, 0.3) is 0 Å². The van der Waals surface area contributed by atoms with E-state index in [-0.39, 0.29) is 23.7 Å². The number of carbonyl (C=O) groups is 3. The predicted molar refractivity (Wildman–Crippen MR) is 120 cm³/mol. The van der Waals surface area contributed by atoms with Gasteiger partial charge in [0.2, 0.25) is 5.91 Å². The van der Waals surface area contributed by atoms with Crippen molar-refractivity contribution >= 4 is 35.2 Å². The van der Waals surface area contributed by atoms with Crippen molar-refractivity contribution in [2.45, 2.75) is 31.2 Å². The number of anilines is 1. The molecule has 6 nitrogen and oxygen atoms in total. The quantitative estimate of drug-likeness (QED) is 0.666. The molecule has 2 aliphatic heterocycles. The summed E-state index contributed by atoms with van der Waals surface area (Å²) in [5.41, 5.74) is 2.39. The number of nitrogens with zero attached hydrogens (tertiary/aromatic N) is 2. The molecule has 31 heavy (non-hydrogen) atoms. The van der Waals surface area contributed by atoms with Crippen LogP contribution in [-0.4, -0.2) is 48.1 Å². The maximum absolute atomic E-state index is 13.1. The Balaban J connectivity index is 1.49. The van der Waals surface area contributed by atoms with Gasteiger partial charge in [-0.3, -0.25) is 14.4 Å². The number of fused-ring (bicyclic) bond motifs is 1. The molecule has 1 unspecified atom stereocenters. The number of thioether (sulfide) groups is 1. The number of rotatable bonds is 5. The van der Waals surface area contributed by atoms with Gasteiger partial charge >= 0.3 is 5.97 Å². The summed E-state index contributed by atoms with van der Waals surface area (Å²) in [4.78, 5) is 42.4. The van der Waals surface area contributed by atoms with Crippen molar-refractivity contribution in [2.24, 2.45) is 5.92 Å². The monoisotopic (exact) mass is 438 g/mol. The number of amides is 2. The van der Waals surface area contributed by atoms with Gasteiger partial charge < -0.3 is 14.5 Å². The largest absolute Gasteiger partial charge is 0.466 e. The van der Waals surface area contributed by atoms with Crippen LogP contribution < -0.4 is 4.90 Å². The van der Waals surface area contributed by atoms with E-state index in [1.807, 2.05) is 42.5 Å². The lowest BCUT2D eigenvalue weighted by Crippen LogP contribution is -2.42. The number of piperidine rings is 1. The molecule has 4 rings (SSSR count). The van der Waals surface area contributed by atoms with Crippen molar-refractivity contribution in [3.63, 3.8) is 0 Å². The van der Waals surface area contributed by atoms with Crippen molar-refractivity contribution in [2.75, 3.05) is 30.3 Å². The molecule has 0 N–H and O–H groups in total. The molecule has 2 amide bonds. The second kappa shape index (κ2) is 9.56. The Morgan fingerprint density at radius 2 is 2.00 bits per heavy atom. The Labute approximate surface area is 186 Å². The van der Waals surface area contributed by atoms with E-state index >= 15 is 0 Å². The van der Waals surface area contributed by atoms with E-state index in [2.05, 4.69) is 0 Å². The molecule has 2 aromatic rings. The molecule has 2 heterocycles. The highest BCUT2D eigenvalue weighted by Crippen LogP contribution is 2.35. The lowest BCUT2D eigenvalue weighted by molar-refractivity contribution is -0.149. The minimum atomic E-state index is -0.263. The van der Waals surface area contributed by atoms with Gasteiger partial charge in [0.25, 0.3) is 5.91 Å². The lowest BCUT2D eigenvalue weighted by atomic mass is 9.97. The van der Waals surface area contributed by atoms with Gasteiger partial charge in [-0.15, -0.1) is 11.8 Å². The molecule has 0 bridgehead atoms. The molecule has 1 saturated heterocycles. The Morgan fingerprint density at radius 1 is 1.16 bits per heavy atom. The number of esters is 1. The Hall–Kier alpha value is -2.80. The Morgan fingerprint density at radius 3 is 2.84 bits per heavy atom. The minimum Gasteiger partial charge on any atom is -0.466 e. The fraction of sp³-hybridized carbons (Fsp3) is 0.375. The van der Waals surface area contributed by atoms with E-state index in [1.54, 1.807) is 34.6 Å². The van der Waals surface area contributed by atoms with Gasteiger partial charge in [0.05, 0.1) is 30.5 Å². The van der Waals surface area contributed by atoms with Gasteiger partial charge in [-0.1, -0.05) is 24.3 Å². The summed E-state index contributed by atoms with van der Waals surface area (Å²) in [6.45, 7) is 3.58. The molecule has 0 radical (unpaired) electrons. The van der Waals surface area contributed by atoms with Crippen molar-refractivity contribution in [3.8, 4) is 0 Å². The number of likely N-dealkylation sites (tertiary alicyclic amines) is 1. The Bertz CT molecular complexity index is 993. The van der Waals surface area contributed by atoms with Crippen LogP contribution in [0.4, 0.5) is 5.69 Å². The molecule has 0 saturated carbocycles. The Kier molecular flexibility index (Phi) is 6.61.